The van der Waals surface area contributed by atoms with Gasteiger partial charge in [0.05, 0.1) is 11.6 Å². The van der Waals surface area contributed by atoms with Gasteiger partial charge in [-0.2, -0.15) is 0 Å². The van der Waals surface area contributed by atoms with Gasteiger partial charge in [0.1, 0.15) is 17.8 Å². The molecule has 1 fully saturated rings. The first-order chi connectivity index (χ1) is 8.85. The fraction of sp³-hybridized carbons (Fsp3) is 0.385. The summed E-state index contributed by atoms with van der Waals surface area (Å²) >= 11 is 3.37. The zero-order valence-electron chi connectivity index (χ0n) is 11.0. The van der Waals surface area contributed by atoms with Crippen LogP contribution < -0.4 is 15.0 Å². The van der Waals surface area contributed by atoms with Crippen molar-refractivity contribution in [2.45, 2.75) is 19.4 Å². The predicted octanol–water partition coefficient (Wildman–Crippen LogP) is 1.70. The van der Waals surface area contributed by atoms with Crippen molar-refractivity contribution in [3.8, 4) is 5.75 Å². The number of carbonyl (C=O) groups excluding carboxylic acids is 2. The smallest absolute Gasteiger partial charge is 0.252 e. The molecular formula is C13H15BrN2O3. The van der Waals surface area contributed by atoms with Crippen LogP contribution in [0.15, 0.2) is 22.7 Å². The molecule has 102 valence electrons. The normalized spacial score (nSPS) is 18.2. The Morgan fingerprint density at radius 2 is 2.05 bits per heavy atom. The number of carbonyl (C=O) groups is 2. The van der Waals surface area contributed by atoms with Crippen LogP contribution in [0.4, 0.5) is 5.69 Å². The van der Waals surface area contributed by atoms with Crippen molar-refractivity contribution in [2.24, 2.45) is 0 Å². The van der Waals surface area contributed by atoms with Crippen LogP contribution in [0.25, 0.3) is 0 Å². The number of halogens is 1. The van der Waals surface area contributed by atoms with E-state index in [9.17, 15) is 9.59 Å². The fourth-order valence-electron chi connectivity index (χ4n) is 2.03. The second-order valence-corrected chi connectivity index (χ2v) is 5.74. The molecule has 1 saturated heterocycles. The first kappa shape index (κ1) is 13.9. The molecule has 0 atom stereocenters. The summed E-state index contributed by atoms with van der Waals surface area (Å²) in [7, 11) is 1.57. The first-order valence-corrected chi connectivity index (χ1v) is 6.61. The van der Waals surface area contributed by atoms with Gasteiger partial charge in [0, 0.05) is 5.69 Å². The van der Waals surface area contributed by atoms with E-state index in [1.165, 1.54) is 4.90 Å². The quantitative estimate of drug-likeness (QED) is 0.899. The molecule has 1 N–H and O–H groups in total. The van der Waals surface area contributed by atoms with Crippen LogP contribution in [0, 0.1) is 0 Å². The highest BCUT2D eigenvalue weighted by Crippen LogP contribution is 2.31. The van der Waals surface area contributed by atoms with Gasteiger partial charge >= 0.3 is 0 Å². The molecule has 2 rings (SSSR count). The van der Waals surface area contributed by atoms with Crippen LogP contribution in [0.2, 0.25) is 0 Å². The maximum atomic E-state index is 12.3. The lowest BCUT2D eigenvalue weighted by Crippen LogP contribution is -2.64. The third-order valence-corrected chi connectivity index (χ3v) is 3.60. The molecule has 0 aliphatic carbocycles. The third-order valence-electron chi connectivity index (χ3n) is 2.98. The second kappa shape index (κ2) is 4.85. The Hall–Kier alpha value is -1.56. The highest BCUT2D eigenvalue weighted by Gasteiger charge is 2.39. The number of hydrogen-bond acceptors (Lipinski definition) is 3. The number of ether oxygens (including phenoxy) is 1. The van der Waals surface area contributed by atoms with E-state index in [0.29, 0.717) is 11.4 Å². The van der Waals surface area contributed by atoms with Crippen LogP contribution in [-0.4, -0.2) is 31.0 Å². The Balaban J connectivity index is 2.37. The van der Waals surface area contributed by atoms with E-state index in [0.717, 1.165) is 4.47 Å². The SMILES string of the molecule is COc1ccc(N2CC(=O)NC(C)(C)C2=O)cc1Br. The van der Waals surface area contributed by atoms with Crippen molar-refractivity contribution in [3.05, 3.63) is 22.7 Å². The monoisotopic (exact) mass is 326 g/mol. The van der Waals surface area contributed by atoms with Gasteiger partial charge < -0.3 is 15.0 Å². The van der Waals surface area contributed by atoms with Crippen molar-refractivity contribution in [2.75, 3.05) is 18.6 Å². The molecule has 1 aliphatic rings. The molecule has 1 aromatic rings. The molecule has 0 aromatic heterocycles. The Bertz CT molecular complexity index is 543. The molecule has 1 aromatic carbocycles. The Morgan fingerprint density at radius 1 is 1.37 bits per heavy atom. The van der Waals surface area contributed by atoms with Crippen LogP contribution in [0.5, 0.6) is 5.75 Å². The zero-order chi connectivity index (χ0) is 14.2. The lowest BCUT2D eigenvalue weighted by molar-refractivity contribution is -0.134. The van der Waals surface area contributed by atoms with Gasteiger partial charge in [0.2, 0.25) is 5.91 Å². The van der Waals surface area contributed by atoms with E-state index in [-0.39, 0.29) is 18.4 Å². The summed E-state index contributed by atoms with van der Waals surface area (Å²) in [5, 5.41) is 2.68. The van der Waals surface area contributed by atoms with Crippen LogP contribution >= 0.6 is 15.9 Å². The highest BCUT2D eigenvalue weighted by molar-refractivity contribution is 9.10. The minimum absolute atomic E-state index is 0.0288. The number of rotatable bonds is 2. The Kier molecular flexibility index (Phi) is 3.54. The highest BCUT2D eigenvalue weighted by atomic mass is 79.9. The van der Waals surface area contributed by atoms with E-state index >= 15 is 0 Å². The van der Waals surface area contributed by atoms with E-state index in [1.807, 2.05) is 0 Å². The number of hydrogen-bond donors (Lipinski definition) is 1. The first-order valence-electron chi connectivity index (χ1n) is 5.81. The minimum Gasteiger partial charge on any atom is -0.496 e. The summed E-state index contributed by atoms with van der Waals surface area (Å²) in [6.45, 7) is 3.41. The van der Waals surface area contributed by atoms with Gasteiger partial charge in [0.15, 0.2) is 0 Å². The van der Waals surface area contributed by atoms with Gasteiger partial charge in [0.25, 0.3) is 5.91 Å². The maximum Gasteiger partial charge on any atom is 0.252 e. The molecule has 0 saturated carbocycles. The lowest BCUT2D eigenvalue weighted by Gasteiger charge is -2.37. The molecule has 1 aliphatic heterocycles. The summed E-state index contributed by atoms with van der Waals surface area (Å²) in [6, 6.07) is 5.29. The number of nitrogens with one attached hydrogen (secondary N) is 1. The molecule has 0 unspecified atom stereocenters. The van der Waals surface area contributed by atoms with E-state index in [4.69, 9.17) is 4.74 Å². The number of piperazine rings is 1. The number of anilines is 1. The fourth-order valence-corrected chi connectivity index (χ4v) is 2.55. The summed E-state index contributed by atoms with van der Waals surface area (Å²) in [6.07, 6.45) is 0. The average Bonchev–Trinajstić information content (AvgIpc) is 2.33. The summed E-state index contributed by atoms with van der Waals surface area (Å²) in [5.74, 6) is 0.373. The maximum absolute atomic E-state index is 12.3. The van der Waals surface area contributed by atoms with Gasteiger partial charge in [-0.25, -0.2) is 0 Å². The topological polar surface area (TPSA) is 58.6 Å². The molecule has 0 radical (unpaired) electrons. The number of benzene rings is 1. The van der Waals surface area contributed by atoms with Gasteiger partial charge in [-0.15, -0.1) is 0 Å². The number of amides is 2. The molecule has 2 amide bonds. The lowest BCUT2D eigenvalue weighted by atomic mass is 10.00. The Labute approximate surface area is 120 Å². The second-order valence-electron chi connectivity index (χ2n) is 4.88. The van der Waals surface area contributed by atoms with Crippen molar-refractivity contribution >= 4 is 33.4 Å². The number of methoxy groups -OCH3 is 1. The summed E-state index contributed by atoms with van der Waals surface area (Å²) < 4.78 is 5.89. The summed E-state index contributed by atoms with van der Waals surface area (Å²) in [5.41, 5.74) is -0.220. The average molecular weight is 327 g/mol. The third kappa shape index (κ3) is 2.58. The predicted molar refractivity (Wildman–Crippen MR) is 75.3 cm³/mol. The van der Waals surface area contributed by atoms with Crippen molar-refractivity contribution in [1.82, 2.24) is 5.32 Å². The van der Waals surface area contributed by atoms with E-state index in [2.05, 4.69) is 21.2 Å². The number of nitrogens with zero attached hydrogens (tertiary/aromatic N) is 1. The Morgan fingerprint density at radius 3 is 2.63 bits per heavy atom. The molecule has 19 heavy (non-hydrogen) atoms. The largest absolute Gasteiger partial charge is 0.496 e. The molecule has 0 bridgehead atoms. The van der Waals surface area contributed by atoms with Crippen molar-refractivity contribution in [3.63, 3.8) is 0 Å². The van der Waals surface area contributed by atoms with Crippen LogP contribution in [0.1, 0.15) is 13.8 Å². The van der Waals surface area contributed by atoms with Crippen molar-refractivity contribution in [1.29, 1.82) is 0 Å². The minimum atomic E-state index is -0.887. The summed E-state index contributed by atoms with van der Waals surface area (Å²) in [4.78, 5) is 25.5. The molecule has 5 nitrogen and oxygen atoms in total. The van der Waals surface area contributed by atoms with Gasteiger partial charge in [-0.1, -0.05) is 0 Å². The van der Waals surface area contributed by atoms with Crippen LogP contribution in [-0.2, 0) is 9.59 Å². The van der Waals surface area contributed by atoms with Gasteiger partial charge in [-0.05, 0) is 48.0 Å². The van der Waals surface area contributed by atoms with Crippen LogP contribution in [0.3, 0.4) is 0 Å². The molecule has 1 heterocycles. The van der Waals surface area contributed by atoms with E-state index in [1.54, 1.807) is 39.2 Å². The zero-order valence-corrected chi connectivity index (χ0v) is 12.6. The van der Waals surface area contributed by atoms with E-state index < -0.39 is 5.54 Å². The van der Waals surface area contributed by atoms with Gasteiger partial charge in [-0.3, -0.25) is 9.59 Å². The molecule has 0 spiro atoms. The van der Waals surface area contributed by atoms with Crippen molar-refractivity contribution < 1.29 is 14.3 Å². The molecule has 6 heteroatoms. The molecular weight excluding hydrogens is 312 g/mol. The standard InChI is InChI=1S/C13H15BrN2O3/c1-13(2)12(18)16(7-11(17)15-13)8-4-5-10(19-3)9(14)6-8/h4-6H,7H2,1-3H3,(H,15,17).